The molecule has 0 aliphatic heterocycles. The molecule has 1 aromatic carbocycles. The van der Waals surface area contributed by atoms with Crippen molar-refractivity contribution in [2.75, 3.05) is 0 Å². The van der Waals surface area contributed by atoms with Gasteiger partial charge in [0.05, 0.1) is 5.69 Å². The predicted octanol–water partition coefficient (Wildman–Crippen LogP) is 2.22. The summed E-state index contributed by atoms with van der Waals surface area (Å²) >= 11 is 1.33. The summed E-state index contributed by atoms with van der Waals surface area (Å²) in [7, 11) is 0. The Hall–Kier alpha value is -2.28. The molecule has 0 N–H and O–H groups in total. The smallest absolute Gasteiger partial charge is 0.221 e. The predicted molar refractivity (Wildman–Crippen MR) is 74.8 cm³/mol. The highest BCUT2D eigenvalue weighted by Gasteiger charge is 2.12. The Morgan fingerprint density at radius 1 is 1.00 bits per heavy atom. The highest BCUT2D eigenvalue weighted by Crippen LogP contribution is 2.24. The third kappa shape index (κ3) is 2.67. The van der Waals surface area contributed by atoms with Gasteiger partial charge in [-0.05, 0) is 65.4 Å². The Balaban J connectivity index is 1.98. The van der Waals surface area contributed by atoms with Crippen molar-refractivity contribution in [3.63, 3.8) is 0 Å². The average Bonchev–Trinajstić information content (AvgIpc) is 2.87. The van der Waals surface area contributed by atoms with Gasteiger partial charge in [0, 0.05) is 12.4 Å². The average molecular weight is 284 g/mol. The van der Waals surface area contributed by atoms with Crippen LogP contribution in [0.5, 0.6) is 0 Å². The zero-order chi connectivity index (χ0) is 13.9. The molecular formula is C13H12N6S. The lowest BCUT2D eigenvalue weighted by Gasteiger charge is -2.06. The zero-order valence-electron chi connectivity index (χ0n) is 11.1. The molecule has 100 valence electrons. The Labute approximate surface area is 120 Å². The number of nitrogens with zero attached hydrogens (tertiary/aromatic N) is 6. The summed E-state index contributed by atoms with van der Waals surface area (Å²) in [6.45, 7) is 4.10. The molecule has 3 aromatic rings. The summed E-state index contributed by atoms with van der Waals surface area (Å²) in [6.07, 6.45) is 3.39. The van der Waals surface area contributed by atoms with Crippen LogP contribution in [0.1, 0.15) is 11.1 Å². The molecule has 0 atom stereocenters. The lowest BCUT2D eigenvalue weighted by molar-refractivity contribution is 0.753. The molecule has 20 heavy (non-hydrogen) atoms. The van der Waals surface area contributed by atoms with Crippen molar-refractivity contribution in [3.8, 4) is 5.69 Å². The maximum atomic E-state index is 4.17. The molecule has 0 aliphatic rings. The molecule has 0 bridgehead atoms. The van der Waals surface area contributed by atoms with Crippen molar-refractivity contribution in [2.24, 2.45) is 0 Å². The van der Waals surface area contributed by atoms with E-state index in [9.17, 15) is 0 Å². The normalized spacial score (nSPS) is 10.7. The van der Waals surface area contributed by atoms with E-state index in [2.05, 4.69) is 31.6 Å². The minimum Gasteiger partial charge on any atom is -0.231 e. The lowest BCUT2D eigenvalue weighted by atomic mass is 10.1. The molecule has 0 fully saturated rings. The molecule has 3 rings (SSSR count). The number of hydrogen-bond donors (Lipinski definition) is 0. The molecule has 7 heteroatoms. The minimum atomic E-state index is 0.618. The van der Waals surface area contributed by atoms with Crippen molar-refractivity contribution < 1.29 is 0 Å². The first-order valence-electron chi connectivity index (χ1n) is 6.04. The summed E-state index contributed by atoms with van der Waals surface area (Å²) < 4.78 is 1.70. The van der Waals surface area contributed by atoms with Gasteiger partial charge in [-0.2, -0.15) is 4.68 Å². The van der Waals surface area contributed by atoms with Gasteiger partial charge in [0.15, 0.2) is 5.16 Å². The number of tetrazole rings is 1. The van der Waals surface area contributed by atoms with E-state index in [1.54, 1.807) is 23.1 Å². The molecular weight excluding hydrogens is 272 g/mol. The van der Waals surface area contributed by atoms with Crippen LogP contribution in [0.2, 0.25) is 0 Å². The fraction of sp³-hybridized carbons (Fsp3) is 0.154. The van der Waals surface area contributed by atoms with Crippen LogP contribution in [0.4, 0.5) is 0 Å². The second kappa shape index (κ2) is 5.38. The Morgan fingerprint density at radius 2 is 1.70 bits per heavy atom. The van der Waals surface area contributed by atoms with Crippen molar-refractivity contribution in [1.82, 2.24) is 30.2 Å². The number of aromatic nitrogens is 6. The molecule has 0 saturated heterocycles. The third-order valence-electron chi connectivity index (χ3n) is 2.62. The van der Waals surface area contributed by atoms with Crippen LogP contribution in [0, 0.1) is 13.8 Å². The maximum Gasteiger partial charge on any atom is 0.221 e. The highest BCUT2D eigenvalue weighted by molar-refractivity contribution is 7.99. The zero-order valence-corrected chi connectivity index (χ0v) is 11.9. The van der Waals surface area contributed by atoms with Crippen LogP contribution >= 0.6 is 11.8 Å². The number of benzene rings is 1. The van der Waals surface area contributed by atoms with E-state index in [-0.39, 0.29) is 0 Å². The van der Waals surface area contributed by atoms with E-state index < -0.39 is 0 Å². The van der Waals surface area contributed by atoms with Gasteiger partial charge in [-0.25, -0.2) is 9.97 Å². The molecule has 0 spiro atoms. The Kier molecular flexibility index (Phi) is 3.42. The molecule has 0 unspecified atom stereocenters. The van der Waals surface area contributed by atoms with Crippen molar-refractivity contribution >= 4 is 11.8 Å². The van der Waals surface area contributed by atoms with Crippen LogP contribution in [-0.4, -0.2) is 30.2 Å². The number of rotatable bonds is 3. The summed E-state index contributed by atoms with van der Waals surface area (Å²) in [5.41, 5.74) is 3.27. The van der Waals surface area contributed by atoms with Gasteiger partial charge in [0.1, 0.15) is 0 Å². The lowest BCUT2D eigenvalue weighted by Crippen LogP contribution is -2.00. The van der Waals surface area contributed by atoms with Crippen LogP contribution in [-0.2, 0) is 0 Å². The van der Waals surface area contributed by atoms with Gasteiger partial charge in [0.2, 0.25) is 5.16 Å². The van der Waals surface area contributed by atoms with Gasteiger partial charge in [-0.3, -0.25) is 0 Å². The fourth-order valence-corrected chi connectivity index (χ4v) is 2.59. The van der Waals surface area contributed by atoms with E-state index in [0.717, 1.165) is 5.69 Å². The monoisotopic (exact) mass is 284 g/mol. The molecule has 2 heterocycles. The van der Waals surface area contributed by atoms with E-state index in [0.29, 0.717) is 10.3 Å². The minimum absolute atomic E-state index is 0.618. The second-order valence-corrected chi connectivity index (χ2v) is 5.29. The maximum absolute atomic E-state index is 4.17. The fourth-order valence-electron chi connectivity index (χ4n) is 1.90. The summed E-state index contributed by atoms with van der Waals surface area (Å²) in [4.78, 5) is 8.33. The Bertz CT molecular complexity index is 704. The highest BCUT2D eigenvalue weighted by atomic mass is 32.2. The van der Waals surface area contributed by atoms with Crippen LogP contribution in [0.15, 0.2) is 47.0 Å². The van der Waals surface area contributed by atoms with Gasteiger partial charge < -0.3 is 0 Å². The van der Waals surface area contributed by atoms with Crippen LogP contribution in [0.25, 0.3) is 5.69 Å². The number of aryl methyl sites for hydroxylation is 2. The van der Waals surface area contributed by atoms with Crippen LogP contribution in [0.3, 0.4) is 0 Å². The largest absolute Gasteiger partial charge is 0.231 e. The quantitative estimate of drug-likeness (QED) is 0.687. The number of hydrogen-bond acceptors (Lipinski definition) is 6. The first-order chi connectivity index (χ1) is 9.72. The van der Waals surface area contributed by atoms with Crippen molar-refractivity contribution in [2.45, 2.75) is 24.2 Å². The van der Waals surface area contributed by atoms with Gasteiger partial charge in [-0.1, -0.05) is 6.07 Å². The molecule has 0 saturated carbocycles. The molecule has 6 nitrogen and oxygen atoms in total. The summed E-state index contributed by atoms with van der Waals surface area (Å²) in [5.74, 6) is 0. The summed E-state index contributed by atoms with van der Waals surface area (Å²) in [6, 6.07) is 7.97. The van der Waals surface area contributed by atoms with E-state index in [4.69, 9.17) is 0 Å². The van der Waals surface area contributed by atoms with E-state index >= 15 is 0 Å². The van der Waals surface area contributed by atoms with Gasteiger partial charge in [0.25, 0.3) is 0 Å². The molecule has 2 aromatic heterocycles. The van der Waals surface area contributed by atoms with Gasteiger partial charge in [-0.15, -0.1) is 5.10 Å². The molecule has 0 amide bonds. The summed E-state index contributed by atoms with van der Waals surface area (Å²) in [5, 5.41) is 13.1. The third-order valence-corrected chi connectivity index (χ3v) is 3.45. The molecule has 0 aliphatic carbocycles. The van der Waals surface area contributed by atoms with Crippen molar-refractivity contribution in [1.29, 1.82) is 0 Å². The van der Waals surface area contributed by atoms with Crippen molar-refractivity contribution in [3.05, 3.63) is 47.8 Å². The van der Waals surface area contributed by atoms with E-state index in [1.165, 1.54) is 22.9 Å². The second-order valence-electron chi connectivity index (χ2n) is 4.35. The first kappa shape index (κ1) is 12.7. The first-order valence-corrected chi connectivity index (χ1v) is 6.86. The standard InChI is InChI=1S/C13H12N6S/c1-9-6-10(2)8-11(7-9)19-13(16-17-18-19)20-12-14-4-3-5-15-12/h3-8H,1-2H3. The Morgan fingerprint density at radius 3 is 2.40 bits per heavy atom. The topological polar surface area (TPSA) is 69.4 Å². The van der Waals surface area contributed by atoms with Crippen LogP contribution < -0.4 is 0 Å². The van der Waals surface area contributed by atoms with Gasteiger partial charge >= 0.3 is 0 Å². The van der Waals surface area contributed by atoms with E-state index in [1.807, 2.05) is 26.0 Å². The SMILES string of the molecule is Cc1cc(C)cc(-n2nnnc2Sc2ncccn2)c1. The molecule has 0 radical (unpaired) electrons.